The molecular formula is C26H26FN5O. The lowest BCUT2D eigenvalue weighted by molar-refractivity contribution is 0.555. The zero-order valence-corrected chi connectivity index (χ0v) is 18.7. The second-order valence-electron chi connectivity index (χ2n) is 8.45. The minimum Gasteiger partial charge on any atom is -0.304 e. The summed E-state index contributed by atoms with van der Waals surface area (Å²) in [4.78, 5) is 27.8. The van der Waals surface area contributed by atoms with E-state index in [9.17, 15) is 9.18 Å². The topological polar surface area (TPSA) is 65.6 Å². The number of benzene rings is 2. The summed E-state index contributed by atoms with van der Waals surface area (Å²) in [5.74, 6) is -0.285. The molecule has 7 heteroatoms. The molecule has 0 amide bonds. The van der Waals surface area contributed by atoms with Gasteiger partial charge in [0.25, 0.3) is 5.56 Å². The third-order valence-electron chi connectivity index (χ3n) is 6.07. The van der Waals surface area contributed by atoms with Crippen molar-refractivity contribution in [3.63, 3.8) is 0 Å². The molecule has 0 aliphatic carbocycles. The van der Waals surface area contributed by atoms with Crippen molar-refractivity contribution in [1.82, 2.24) is 24.1 Å². The summed E-state index contributed by atoms with van der Waals surface area (Å²) < 4.78 is 17.0. The molecule has 0 aliphatic rings. The smallest absolute Gasteiger partial charge is 0.265 e. The Morgan fingerprint density at radius 3 is 2.36 bits per heavy atom. The number of nitrogens with zero attached hydrogens (tertiary/aromatic N) is 5. The number of para-hydroxylation sites is 2. The minimum atomic E-state index is -0.285. The molecule has 0 aliphatic heterocycles. The van der Waals surface area contributed by atoms with Crippen LogP contribution in [0.2, 0.25) is 0 Å². The maximum absolute atomic E-state index is 13.5. The fourth-order valence-corrected chi connectivity index (χ4v) is 4.31. The molecule has 0 unspecified atom stereocenters. The van der Waals surface area contributed by atoms with E-state index in [1.165, 1.54) is 31.4 Å². The molecule has 5 aromatic rings. The molecule has 0 saturated carbocycles. The molecule has 5 rings (SSSR count). The maximum Gasteiger partial charge on any atom is 0.265 e. The first-order chi connectivity index (χ1) is 16.2. The van der Waals surface area contributed by atoms with Crippen LogP contribution < -0.4 is 5.56 Å². The molecule has 3 heterocycles. The molecule has 33 heavy (non-hydrogen) atoms. The van der Waals surface area contributed by atoms with Crippen LogP contribution in [0.3, 0.4) is 0 Å². The number of aromatic nitrogens is 5. The monoisotopic (exact) mass is 443 g/mol. The fraction of sp³-hybridized carbons (Fsp3) is 0.308. The first-order valence-electron chi connectivity index (χ1n) is 11.5. The van der Waals surface area contributed by atoms with E-state index in [1.807, 2.05) is 28.8 Å². The number of rotatable bonds is 8. The highest BCUT2D eigenvalue weighted by Gasteiger charge is 2.20. The number of unbranched alkanes of at least 4 members (excludes halogenated alkanes) is 4. The zero-order valence-electron chi connectivity index (χ0n) is 18.7. The van der Waals surface area contributed by atoms with Gasteiger partial charge in [0.2, 0.25) is 0 Å². The number of aryl methyl sites for hydroxylation is 1. The van der Waals surface area contributed by atoms with Crippen LogP contribution in [-0.4, -0.2) is 24.1 Å². The van der Waals surface area contributed by atoms with Crippen molar-refractivity contribution in [2.24, 2.45) is 0 Å². The van der Waals surface area contributed by atoms with Crippen LogP contribution in [0.25, 0.3) is 33.2 Å². The molecular weight excluding hydrogens is 417 g/mol. The van der Waals surface area contributed by atoms with E-state index in [4.69, 9.17) is 9.97 Å². The van der Waals surface area contributed by atoms with Crippen molar-refractivity contribution >= 4 is 33.2 Å². The van der Waals surface area contributed by atoms with Crippen molar-refractivity contribution in [2.45, 2.75) is 52.1 Å². The molecule has 0 atom stereocenters. The molecule has 6 nitrogen and oxygen atoms in total. The van der Waals surface area contributed by atoms with Gasteiger partial charge in [0.15, 0.2) is 11.3 Å². The van der Waals surface area contributed by atoms with Gasteiger partial charge in [0.05, 0.1) is 23.9 Å². The Hall–Kier alpha value is -3.61. The van der Waals surface area contributed by atoms with Gasteiger partial charge in [-0.1, -0.05) is 56.9 Å². The Morgan fingerprint density at radius 1 is 0.879 bits per heavy atom. The second-order valence-corrected chi connectivity index (χ2v) is 8.45. The summed E-state index contributed by atoms with van der Waals surface area (Å²) in [7, 11) is 0. The third kappa shape index (κ3) is 4.11. The van der Waals surface area contributed by atoms with Crippen molar-refractivity contribution in [3.8, 4) is 0 Å². The molecule has 0 radical (unpaired) electrons. The Kier molecular flexibility index (Phi) is 5.86. The van der Waals surface area contributed by atoms with E-state index < -0.39 is 0 Å². The predicted octanol–water partition coefficient (Wildman–Crippen LogP) is 5.45. The summed E-state index contributed by atoms with van der Waals surface area (Å²) >= 11 is 0. The standard InChI is InChI=1S/C26H26FN5O/c1-2-3-4-5-8-15-31-17-28-24-22(26(31)33)23-25(30-21-10-7-6-9-20(21)29-23)32(24)16-18-11-13-19(27)14-12-18/h6-7,9-14,17H,2-5,8,15-16H2,1H3. The van der Waals surface area contributed by atoms with Crippen LogP contribution in [0.4, 0.5) is 4.39 Å². The summed E-state index contributed by atoms with van der Waals surface area (Å²) in [6.07, 6.45) is 7.24. The van der Waals surface area contributed by atoms with E-state index in [0.717, 1.165) is 29.4 Å². The van der Waals surface area contributed by atoms with Crippen LogP contribution in [0.5, 0.6) is 0 Å². The Morgan fingerprint density at radius 2 is 1.61 bits per heavy atom. The third-order valence-corrected chi connectivity index (χ3v) is 6.07. The van der Waals surface area contributed by atoms with E-state index in [1.54, 1.807) is 23.0 Å². The Labute approximate surface area is 190 Å². The largest absolute Gasteiger partial charge is 0.304 e. The van der Waals surface area contributed by atoms with Gasteiger partial charge in [-0.15, -0.1) is 0 Å². The van der Waals surface area contributed by atoms with Crippen molar-refractivity contribution < 1.29 is 4.39 Å². The fourth-order valence-electron chi connectivity index (χ4n) is 4.31. The predicted molar refractivity (Wildman–Crippen MR) is 129 cm³/mol. The van der Waals surface area contributed by atoms with Gasteiger partial charge in [0, 0.05) is 6.54 Å². The minimum absolute atomic E-state index is 0.0945. The van der Waals surface area contributed by atoms with Gasteiger partial charge in [-0.25, -0.2) is 19.3 Å². The highest BCUT2D eigenvalue weighted by molar-refractivity contribution is 6.04. The molecule has 0 spiro atoms. The molecule has 0 N–H and O–H groups in total. The lowest BCUT2D eigenvalue weighted by atomic mass is 10.1. The van der Waals surface area contributed by atoms with Crippen molar-refractivity contribution in [2.75, 3.05) is 0 Å². The number of fused-ring (bicyclic) bond motifs is 4. The van der Waals surface area contributed by atoms with Crippen molar-refractivity contribution in [3.05, 3.63) is 76.6 Å². The van der Waals surface area contributed by atoms with Crippen LogP contribution in [0.1, 0.15) is 44.6 Å². The van der Waals surface area contributed by atoms with Crippen molar-refractivity contribution in [1.29, 1.82) is 0 Å². The average Bonchev–Trinajstić information content (AvgIpc) is 3.13. The quantitative estimate of drug-likeness (QED) is 0.299. The summed E-state index contributed by atoms with van der Waals surface area (Å²) in [6, 6.07) is 14.0. The lowest BCUT2D eigenvalue weighted by Crippen LogP contribution is -2.21. The Bertz CT molecular complexity index is 1490. The van der Waals surface area contributed by atoms with E-state index >= 15 is 0 Å². The van der Waals surface area contributed by atoms with Gasteiger partial charge in [-0.05, 0) is 36.2 Å². The normalized spacial score (nSPS) is 11.7. The highest BCUT2D eigenvalue weighted by atomic mass is 19.1. The number of hydrogen-bond acceptors (Lipinski definition) is 4. The Balaban J connectivity index is 1.65. The van der Waals surface area contributed by atoms with Gasteiger partial charge in [-0.2, -0.15) is 0 Å². The summed E-state index contributed by atoms with van der Waals surface area (Å²) in [5.41, 5.74) is 4.01. The SMILES string of the molecule is CCCCCCCn1cnc2c(c1=O)c1nc3ccccc3nc1n2Cc1ccc(F)cc1. The molecule has 168 valence electrons. The van der Waals surface area contributed by atoms with Gasteiger partial charge in [-0.3, -0.25) is 9.36 Å². The second kappa shape index (κ2) is 9.10. The van der Waals surface area contributed by atoms with Gasteiger partial charge >= 0.3 is 0 Å². The average molecular weight is 444 g/mol. The molecule has 0 saturated heterocycles. The molecule has 0 fully saturated rings. The van der Waals surface area contributed by atoms with Crippen LogP contribution in [0.15, 0.2) is 59.7 Å². The van der Waals surface area contributed by atoms with Crippen LogP contribution in [0, 0.1) is 5.82 Å². The van der Waals surface area contributed by atoms with Gasteiger partial charge < -0.3 is 4.57 Å². The first kappa shape index (κ1) is 21.2. The lowest BCUT2D eigenvalue weighted by Gasteiger charge is -2.08. The molecule has 2 aromatic carbocycles. The number of halogens is 1. The zero-order chi connectivity index (χ0) is 22.8. The van der Waals surface area contributed by atoms with Gasteiger partial charge in [0.1, 0.15) is 16.7 Å². The summed E-state index contributed by atoms with van der Waals surface area (Å²) in [6.45, 7) is 3.24. The molecule has 0 bridgehead atoms. The van der Waals surface area contributed by atoms with E-state index in [-0.39, 0.29) is 11.4 Å². The first-order valence-corrected chi connectivity index (χ1v) is 11.5. The maximum atomic E-state index is 13.5. The summed E-state index contributed by atoms with van der Waals surface area (Å²) in [5, 5.41) is 0.487. The highest BCUT2D eigenvalue weighted by Crippen LogP contribution is 2.26. The van der Waals surface area contributed by atoms with Crippen LogP contribution in [-0.2, 0) is 13.1 Å². The van der Waals surface area contributed by atoms with E-state index in [2.05, 4.69) is 11.9 Å². The molecule has 3 aromatic heterocycles. The number of hydrogen-bond donors (Lipinski definition) is 0. The van der Waals surface area contributed by atoms with Crippen LogP contribution >= 0.6 is 0 Å². The van der Waals surface area contributed by atoms with E-state index in [0.29, 0.717) is 35.3 Å².